The number of ether oxygens (including phenoxy) is 2. The Kier molecular flexibility index (Phi) is 7.60. The number of benzene rings is 2. The third-order valence-corrected chi connectivity index (χ3v) is 5.74. The number of carboxylic acids is 1. The highest BCUT2D eigenvalue weighted by Crippen LogP contribution is 2.23. The molecule has 0 bridgehead atoms. The highest BCUT2D eigenvalue weighted by atomic mass is 32.2. The lowest BCUT2D eigenvalue weighted by atomic mass is 10.2. The third-order valence-electron chi connectivity index (χ3n) is 3.94. The Labute approximate surface area is 168 Å². The van der Waals surface area contributed by atoms with Crippen LogP contribution in [0.4, 0.5) is 0 Å². The van der Waals surface area contributed by atoms with E-state index in [1.807, 2.05) is 13.0 Å². The van der Waals surface area contributed by atoms with Gasteiger partial charge in [-0.25, -0.2) is 13.2 Å². The number of carboxylic acid groups (broad SMARTS) is 1. The van der Waals surface area contributed by atoms with Crippen molar-refractivity contribution in [1.29, 1.82) is 0 Å². The molecule has 2 N–H and O–H groups in total. The number of carbonyl (C=O) groups excluding carboxylic acids is 1. The van der Waals surface area contributed by atoms with Gasteiger partial charge in [-0.1, -0.05) is 12.1 Å². The Hall–Kier alpha value is -3.07. The van der Waals surface area contributed by atoms with Crippen LogP contribution >= 0.6 is 0 Å². The lowest BCUT2D eigenvalue weighted by molar-refractivity contribution is -0.144. The molecule has 0 heterocycles. The highest BCUT2D eigenvalue weighted by Gasteiger charge is 2.15. The molecule has 0 saturated carbocycles. The monoisotopic (exact) mass is 422 g/mol. The fourth-order valence-electron chi connectivity index (χ4n) is 2.46. The molecule has 2 rings (SSSR count). The molecule has 0 amide bonds. The summed E-state index contributed by atoms with van der Waals surface area (Å²) in [7, 11) is -3.43. The zero-order chi connectivity index (χ0) is 21.4. The van der Waals surface area contributed by atoms with Gasteiger partial charge in [0.05, 0.1) is 30.3 Å². The van der Waals surface area contributed by atoms with E-state index < -0.39 is 21.8 Å². The van der Waals surface area contributed by atoms with Gasteiger partial charge in [0.15, 0.2) is 9.84 Å². The summed E-state index contributed by atoms with van der Waals surface area (Å²) in [4.78, 5) is 22.9. The summed E-state index contributed by atoms with van der Waals surface area (Å²) in [6, 6.07) is 10.3. The van der Waals surface area contributed by atoms with Crippen LogP contribution in [0.3, 0.4) is 0 Å². The van der Waals surface area contributed by atoms with Gasteiger partial charge in [0.1, 0.15) is 17.1 Å². The van der Waals surface area contributed by atoms with Crippen LogP contribution in [0.5, 0.6) is 11.5 Å². The number of hydrogen-bond acceptors (Lipinski definition) is 7. The fraction of sp³-hybridized carbons (Fsp3) is 0.300. The van der Waals surface area contributed by atoms with Crippen LogP contribution in [0.25, 0.3) is 0 Å². The normalized spacial score (nSPS) is 11.1. The SMILES string of the molecule is Cc1cccc(S(=O)(=O)CCCOC(=O)CCOc2ccc(O)c(C(=O)O)c2)c1. The van der Waals surface area contributed by atoms with Crippen molar-refractivity contribution >= 4 is 21.8 Å². The molecule has 8 nitrogen and oxygen atoms in total. The predicted octanol–water partition coefficient (Wildman–Crippen LogP) is 2.57. The van der Waals surface area contributed by atoms with E-state index in [-0.39, 0.29) is 53.8 Å². The Balaban J connectivity index is 1.71. The quantitative estimate of drug-likeness (QED) is 0.442. The number of phenols is 1. The molecule has 0 unspecified atom stereocenters. The second-order valence-corrected chi connectivity index (χ2v) is 8.40. The largest absolute Gasteiger partial charge is 0.507 e. The van der Waals surface area contributed by atoms with E-state index in [2.05, 4.69) is 0 Å². The number of aromatic hydroxyl groups is 1. The number of rotatable bonds is 10. The number of aryl methyl sites for hydroxylation is 1. The summed E-state index contributed by atoms with van der Waals surface area (Å²) in [5.74, 6) is -2.18. The average molecular weight is 422 g/mol. The maximum atomic E-state index is 12.2. The number of esters is 1. The Morgan fingerprint density at radius 2 is 1.83 bits per heavy atom. The Morgan fingerprint density at radius 3 is 2.52 bits per heavy atom. The standard InChI is InChI=1S/C20H22O8S/c1-14-4-2-5-16(12-14)29(25,26)11-3-9-28-19(22)8-10-27-15-6-7-18(21)17(13-15)20(23)24/h2,4-7,12-13,21H,3,8-11H2,1H3,(H,23,24). The summed E-state index contributed by atoms with van der Waals surface area (Å²) in [6.07, 6.45) is 0.0801. The summed E-state index contributed by atoms with van der Waals surface area (Å²) in [6.45, 7) is 1.72. The molecule has 2 aromatic rings. The molecule has 29 heavy (non-hydrogen) atoms. The molecule has 0 aliphatic carbocycles. The first-order chi connectivity index (χ1) is 13.7. The first kappa shape index (κ1) is 22.2. The van der Waals surface area contributed by atoms with E-state index in [1.54, 1.807) is 12.1 Å². The van der Waals surface area contributed by atoms with Gasteiger partial charge < -0.3 is 19.7 Å². The summed E-state index contributed by atoms with van der Waals surface area (Å²) in [5, 5.41) is 18.4. The summed E-state index contributed by atoms with van der Waals surface area (Å²) >= 11 is 0. The molecule has 0 radical (unpaired) electrons. The van der Waals surface area contributed by atoms with Crippen molar-refractivity contribution in [3.63, 3.8) is 0 Å². The lowest BCUT2D eigenvalue weighted by Crippen LogP contribution is -2.14. The van der Waals surface area contributed by atoms with Crippen molar-refractivity contribution in [1.82, 2.24) is 0 Å². The second kappa shape index (κ2) is 9.92. The van der Waals surface area contributed by atoms with Gasteiger partial charge in [-0.15, -0.1) is 0 Å². The summed E-state index contributed by atoms with van der Waals surface area (Å²) in [5.41, 5.74) is 0.543. The van der Waals surface area contributed by atoms with E-state index in [1.165, 1.54) is 18.2 Å². The van der Waals surface area contributed by atoms with Crippen LogP contribution in [0.1, 0.15) is 28.8 Å². The van der Waals surface area contributed by atoms with Crippen molar-refractivity contribution in [2.45, 2.75) is 24.7 Å². The number of carbonyl (C=O) groups is 2. The smallest absolute Gasteiger partial charge is 0.339 e. The van der Waals surface area contributed by atoms with E-state index in [0.29, 0.717) is 0 Å². The topological polar surface area (TPSA) is 127 Å². The molecule has 0 aliphatic heterocycles. The Morgan fingerprint density at radius 1 is 1.07 bits per heavy atom. The van der Waals surface area contributed by atoms with Crippen LogP contribution in [0, 0.1) is 6.92 Å². The molecule has 0 aromatic heterocycles. The fourth-order valence-corrected chi connectivity index (χ4v) is 3.85. The molecule has 0 atom stereocenters. The molecule has 9 heteroatoms. The van der Waals surface area contributed by atoms with Gasteiger partial charge >= 0.3 is 11.9 Å². The predicted molar refractivity (Wildman–Crippen MR) is 104 cm³/mol. The third kappa shape index (κ3) is 6.79. The zero-order valence-corrected chi connectivity index (χ0v) is 16.6. The Bertz CT molecular complexity index is 982. The van der Waals surface area contributed by atoms with Crippen LogP contribution in [-0.4, -0.2) is 49.5 Å². The minimum Gasteiger partial charge on any atom is -0.507 e. The molecular formula is C20H22O8S. The minimum atomic E-state index is -3.43. The van der Waals surface area contributed by atoms with Crippen LogP contribution in [0.15, 0.2) is 47.4 Å². The van der Waals surface area contributed by atoms with Crippen molar-refractivity contribution in [3.05, 3.63) is 53.6 Å². The molecule has 0 fully saturated rings. The van der Waals surface area contributed by atoms with E-state index in [9.17, 15) is 23.1 Å². The highest BCUT2D eigenvalue weighted by molar-refractivity contribution is 7.91. The molecule has 156 valence electrons. The van der Waals surface area contributed by atoms with Gasteiger partial charge in [-0.05, 0) is 49.2 Å². The van der Waals surface area contributed by atoms with Crippen LogP contribution in [0.2, 0.25) is 0 Å². The molecule has 0 aliphatic rings. The minimum absolute atomic E-state index is 0.0355. The second-order valence-electron chi connectivity index (χ2n) is 6.29. The first-order valence-electron chi connectivity index (χ1n) is 8.83. The van der Waals surface area contributed by atoms with Crippen molar-refractivity contribution in [3.8, 4) is 11.5 Å². The molecule has 0 saturated heterocycles. The first-order valence-corrected chi connectivity index (χ1v) is 10.5. The van der Waals surface area contributed by atoms with Crippen LogP contribution < -0.4 is 4.74 Å². The van der Waals surface area contributed by atoms with Crippen LogP contribution in [-0.2, 0) is 19.4 Å². The van der Waals surface area contributed by atoms with Gasteiger partial charge in [-0.2, -0.15) is 0 Å². The van der Waals surface area contributed by atoms with Crippen molar-refractivity contribution in [2.75, 3.05) is 19.0 Å². The van der Waals surface area contributed by atoms with E-state index in [4.69, 9.17) is 14.6 Å². The number of sulfone groups is 1. The maximum Gasteiger partial charge on any atom is 0.339 e. The maximum absolute atomic E-state index is 12.2. The number of aromatic carboxylic acids is 1. The molecular weight excluding hydrogens is 400 g/mol. The number of hydrogen-bond donors (Lipinski definition) is 2. The molecule has 0 spiro atoms. The summed E-state index contributed by atoms with van der Waals surface area (Å²) < 4.78 is 34.8. The van der Waals surface area contributed by atoms with Gasteiger partial charge in [0, 0.05) is 0 Å². The zero-order valence-electron chi connectivity index (χ0n) is 15.8. The lowest BCUT2D eigenvalue weighted by Gasteiger charge is -2.09. The van der Waals surface area contributed by atoms with E-state index >= 15 is 0 Å². The van der Waals surface area contributed by atoms with Crippen molar-refractivity contribution in [2.24, 2.45) is 0 Å². The van der Waals surface area contributed by atoms with Gasteiger partial charge in [0.25, 0.3) is 0 Å². The van der Waals surface area contributed by atoms with Gasteiger partial charge in [-0.3, -0.25) is 4.79 Å². The average Bonchev–Trinajstić information content (AvgIpc) is 2.66. The van der Waals surface area contributed by atoms with Gasteiger partial charge in [0.2, 0.25) is 0 Å². The van der Waals surface area contributed by atoms with Crippen molar-refractivity contribution < 1.29 is 37.7 Å². The molecule has 2 aromatic carbocycles. The van der Waals surface area contributed by atoms with E-state index in [0.717, 1.165) is 11.6 Å².